The van der Waals surface area contributed by atoms with Crippen LogP contribution in [0.1, 0.15) is 23.7 Å². The highest BCUT2D eigenvalue weighted by Crippen LogP contribution is 2.27. The molecule has 1 heterocycles. The minimum Gasteiger partial charge on any atom is -0.508 e. The van der Waals surface area contributed by atoms with Gasteiger partial charge in [-0.15, -0.1) is 0 Å². The Morgan fingerprint density at radius 2 is 2.12 bits per heavy atom. The zero-order valence-electron chi connectivity index (χ0n) is 9.55. The second-order valence-corrected chi connectivity index (χ2v) is 4.68. The van der Waals surface area contributed by atoms with Gasteiger partial charge in [-0.3, -0.25) is 4.79 Å². The maximum Gasteiger partial charge on any atom is 0.257 e. The molecule has 1 unspecified atom stereocenters. The van der Waals surface area contributed by atoms with Crippen molar-refractivity contribution >= 4 is 5.91 Å². The molecule has 1 amide bonds. The molecule has 5 nitrogen and oxygen atoms in total. The Morgan fingerprint density at radius 1 is 1.41 bits per heavy atom. The van der Waals surface area contributed by atoms with Crippen LogP contribution in [0.5, 0.6) is 11.5 Å². The van der Waals surface area contributed by atoms with Crippen molar-refractivity contribution in [3.63, 3.8) is 0 Å². The van der Waals surface area contributed by atoms with Crippen LogP contribution in [0.2, 0.25) is 0 Å². The number of likely N-dealkylation sites (tertiary alicyclic amines) is 1. The minimum absolute atomic E-state index is 0.0903. The maximum absolute atomic E-state index is 12.0. The number of benzene rings is 1. The first kappa shape index (κ1) is 11.7. The third-order valence-electron chi connectivity index (χ3n) is 2.95. The average molecular weight is 237 g/mol. The normalized spacial score (nSPS) is 24.0. The second-order valence-electron chi connectivity index (χ2n) is 4.68. The molecule has 0 radical (unpaired) electrons. The summed E-state index contributed by atoms with van der Waals surface area (Å²) < 4.78 is 0. The van der Waals surface area contributed by atoms with Crippen LogP contribution in [0.3, 0.4) is 0 Å². The molecule has 0 aromatic heterocycles. The van der Waals surface area contributed by atoms with Gasteiger partial charge in [0.1, 0.15) is 11.5 Å². The van der Waals surface area contributed by atoms with Crippen LogP contribution in [0, 0.1) is 0 Å². The molecule has 0 aliphatic carbocycles. The summed E-state index contributed by atoms with van der Waals surface area (Å²) in [4.78, 5) is 13.5. The SMILES string of the molecule is CC1(O)CCN(C(=O)c2ccc(O)cc2O)C1. The quantitative estimate of drug-likeness (QED) is 0.671. The van der Waals surface area contributed by atoms with Crippen molar-refractivity contribution in [2.45, 2.75) is 18.9 Å². The molecular weight excluding hydrogens is 222 g/mol. The van der Waals surface area contributed by atoms with E-state index in [-0.39, 0.29) is 29.5 Å². The summed E-state index contributed by atoms with van der Waals surface area (Å²) >= 11 is 0. The number of carbonyl (C=O) groups excluding carboxylic acids is 1. The molecule has 0 saturated carbocycles. The predicted octanol–water partition coefficient (Wildman–Crippen LogP) is 0.695. The first-order valence-electron chi connectivity index (χ1n) is 5.43. The fraction of sp³-hybridized carbons (Fsp3) is 0.417. The van der Waals surface area contributed by atoms with Crippen LogP contribution in [0.25, 0.3) is 0 Å². The van der Waals surface area contributed by atoms with E-state index in [0.29, 0.717) is 13.0 Å². The van der Waals surface area contributed by atoms with Gasteiger partial charge in [-0.25, -0.2) is 0 Å². The first-order chi connectivity index (χ1) is 7.89. The number of aromatic hydroxyl groups is 2. The van der Waals surface area contributed by atoms with Crippen molar-refractivity contribution in [3.05, 3.63) is 23.8 Å². The number of phenolic OH excluding ortho intramolecular Hbond substituents is 2. The summed E-state index contributed by atoms with van der Waals surface area (Å²) in [5.74, 6) is -0.672. The Labute approximate surface area is 98.9 Å². The molecule has 0 bridgehead atoms. The molecule has 1 saturated heterocycles. The van der Waals surface area contributed by atoms with Crippen LogP contribution in [-0.4, -0.2) is 44.8 Å². The first-order valence-corrected chi connectivity index (χ1v) is 5.43. The molecule has 1 aliphatic heterocycles. The zero-order valence-corrected chi connectivity index (χ0v) is 9.55. The number of aliphatic hydroxyl groups is 1. The predicted molar refractivity (Wildman–Crippen MR) is 60.9 cm³/mol. The van der Waals surface area contributed by atoms with Gasteiger partial charge in [-0.2, -0.15) is 0 Å². The minimum atomic E-state index is -0.859. The third kappa shape index (κ3) is 2.34. The molecule has 1 atom stereocenters. The lowest BCUT2D eigenvalue weighted by molar-refractivity contribution is 0.0570. The topological polar surface area (TPSA) is 81.0 Å². The highest BCUT2D eigenvalue weighted by Gasteiger charge is 2.34. The molecule has 5 heteroatoms. The van der Waals surface area contributed by atoms with Gasteiger partial charge in [0.15, 0.2) is 0 Å². The third-order valence-corrected chi connectivity index (χ3v) is 2.95. The fourth-order valence-electron chi connectivity index (χ4n) is 1.99. The van der Waals surface area contributed by atoms with E-state index in [0.717, 1.165) is 6.07 Å². The van der Waals surface area contributed by atoms with Gasteiger partial charge in [0, 0.05) is 19.2 Å². The van der Waals surface area contributed by atoms with E-state index in [9.17, 15) is 15.0 Å². The highest BCUT2D eigenvalue weighted by atomic mass is 16.3. The summed E-state index contributed by atoms with van der Waals surface area (Å²) in [5.41, 5.74) is -0.720. The van der Waals surface area contributed by atoms with E-state index < -0.39 is 5.60 Å². The summed E-state index contributed by atoms with van der Waals surface area (Å²) in [7, 11) is 0. The number of β-amino-alcohol motifs (C(OH)–C–C–N with tert-alkyl or cyclic N) is 1. The van der Waals surface area contributed by atoms with Crippen LogP contribution in [-0.2, 0) is 0 Å². The monoisotopic (exact) mass is 237 g/mol. The molecule has 1 aliphatic rings. The number of phenols is 2. The Morgan fingerprint density at radius 3 is 2.65 bits per heavy atom. The summed E-state index contributed by atoms with van der Waals surface area (Å²) in [5, 5.41) is 28.5. The number of hydrogen-bond donors (Lipinski definition) is 3. The van der Waals surface area contributed by atoms with Gasteiger partial charge in [0.05, 0.1) is 11.2 Å². The molecule has 2 rings (SSSR count). The van der Waals surface area contributed by atoms with Crippen molar-refractivity contribution in [1.29, 1.82) is 0 Å². The standard InChI is InChI=1S/C12H15NO4/c1-12(17)4-5-13(7-12)11(16)9-3-2-8(14)6-10(9)15/h2-3,6,14-15,17H,4-5,7H2,1H3. The average Bonchev–Trinajstić information content (AvgIpc) is 2.58. The largest absolute Gasteiger partial charge is 0.508 e. The Hall–Kier alpha value is -1.75. The molecule has 0 spiro atoms. The lowest BCUT2D eigenvalue weighted by Crippen LogP contribution is -2.33. The number of nitrogens with zero attached hydrogens (tertiary/aromatic N) is 1. The highest BCUT2D eigenvalue weighted by molar-refractivity contribution is 5.97. The van der Waals surface area contributed by atoms with Crippen LogP contribution < -0.4 is 0 Å². The van der Waals surface area contributed by atoms with E-state index in [4.69, 9.17) is 5.11 Å². The van der Waals surface area contributed by atoms with Gasteiger partial charge in [-0.1, -0.05) is 0 Å². The van der Waals surface area contributed by atoms with E-state index in [2.05, 4.69) is 0 Å². The van der Waals surface area contributed by atoms with E-state index in [1.165, 1.54) is 17.0 Å². The van der Waals surface area contributed by atoms with Gasteiger partial charge in [0.2, 0.25) is 0 Å². The van der Waals surface area contributed by atoms with Crippen molar-refractivity contribution in [2.75, 3.05) is 13.1 Å². The van der Waals surface area contributed by atoms with Crippen molar-refractivity contribution in [1.82, 2.24) is 4.90 Å². The number of carbonyl (C=O) groups is 1. The lowest BCUT2D eigenvalue weighted by Gasteiger charge is -2.19. The molecule has 1 fully saturated rings. The van der Waals surface area contributed by atoms with E-state index >= 15 is 0 Å². The fourth-order valence-corrected chi connectivity index (χ4v) is 1.99. The second kappa shape index (κ2) is 3.92. The van der Waals surface area contributed by atoms with Crippen molar-refractivity contribution in [3.8, 4) is 11.5 Å². The molecule has 92 valence electrons. The summed E-state index contributed by atoms with van der Waals surface area (Å²) in [6, 6.07) is 3.85. The van der Waals surface area contributed by atoms with E-state index in [1.54, 1.807) is 6.92 Å². The van der Waals surface area contributed by atoms with Crippen molar-refractivity contribution in [2.24, 2.45) is 0 Å². The van der Waals surface area contributed by atoms with E-state index in [1.807, 2.05) is 0 Å². The van der Waals surface area contributed by atoms with Gasteiger partial charge >= 0.3 is 0 Å². The number of rotatable bonds is 1. The molecule has 3 N–H and O–H groups in total. The Balaban J connectivity index is 2.21. The van der Waals surface area contributed by atoms with Gasteiger partial charge < -0.3 is 20.2 Å². The summed E-state index contributed by atoms with van der Waals surface area (Å²) in [6.07, 6.45) is 0.525. The summed E-state index contributed by atoms with van der Waals surface area (Å²) in [6.45, 7) is 2.40. The number of amides is 1. The van der Waals surface area contributed by atoms with Gasteiger partial charge in [-0.05, 0) is 25.5 Å². The molecular formula is C12H15NO4. The van der Waals surface area contributed by atoms with Crippen LogP contribution in [0.15, 0.2) is 18.2 Å². The zero-order chi connectivity index (χ0) is 12.6. The maximum atomic E-state index is 12.0. The number of hydrogen-bond acceptors (Lipinski definition) is 4. The molecule has 17 heavy (non-hydrogen) atoms. The van der Waals surface area contributed by atoms with Crippen LogP contribution in [0.4, 0.5) is 0 Å². The van der Waals surface area contributed by atoms with Gasteiger partial charge in [0.25, 0.3) is 5.91 Å². The van der Waals surface area contributed by atoms with Crippen molar-refractivity contribution < 1.29 is 20.1 Å². The van der Waals surface area contributed by atoms with Crippen LogP contribution >= 0.6 is 0 Å². The molecule has 1 aromatic rings. The lowest BCUT2D eigenvalue weighted by atomic mass is 10.1. The smallest absolute Gasteiger partial charge is 0.257 e. The Bertz CT molecular complexity index is 456. The Kier molecular flexibility index (Phi) is 2.71. The molecule has 1 aromatic carbocycles.